The lowest BCUT2D eigenvalue weighted by Gasteiger charge is -2.39. The van der Waals surface area contributed by atoms with E-state index in [1.807, 2.05) is 6.07 Å². The highest BCUT2D eigenvalue weighted by molar-refractivity contribution is 5.80. The zero-order chi connectivity index (χ0) is 15.0. The largest absolute Gasteiger partial charge is 0.493 e. The molecule has 2 aliphatic rings. The maximum Gasteiger partial charge on any atom is 0.161 e. The molecule has 1 aromatic rings. The molecule has 2 fully saturated rings. The van der Waals surface area contributed by atoms with Gasteiger partial charge in [-0.15, -0.1) is 0 Å². The summed E-state index contributed by atoms with van der Waals surface area (Å²) in [5.41, 5.74) is 1.37. The van der Waals surface area contributed by atoms with Gasteiger partial charge < -0.3 is 14.4 Å². The van der Waals surface area contributed by atoms with Crippen molar-refractivity contribution < 1.29 is 14.3 Å². The molecular weight excluding hydrogens is 266 g/mol. The summed E-state index contributed by atoms with van der Waals surface area (Å²) in [4.78, 5) is 14.2. The van der Waals surface area contributed by atoms with Crippen molar-refractivity contribution >= 4 is 5.78 Å². The monoisotopic (exact) mass is 289 g/mol. The van der Waals surface area contributed by atoms with Gasteiger partial charge in [0.1, 0.15) is 5.78 Å². The minimum absolute atomic E-state index is 0.0855. The van der Waals surface area contributed by atoms with Crippen molar-refractivity contribution in [3.8, 4) is 11.5 Å². The van der Waals surface area contributed by atoms with Crippen LogP contribution in [0.5, 0.6) is 11.5 Å². The van der Waals surface area contributed by atoms with E-state index in [1.54, 1.807) is 14.2 Å². The van der Waals surface area contributed by atoms with E-state index >= 15 is 0 Å². The lowest BCUT2D eigenvalue weighted by molar-refractivity contribution is -0.122. The fraction of sp³-hybridized carbons (Fsp3) is 0.588. The van der Waals surface area contributed by atoms with Gasteiger partial charge >= 0.3 is 0 Å². The quantitative estimate of drug-likeness (QED) is 0.855. The van der Waals surface area contributed by atoms with Gasteiger partial charge in [0, 0.05) is 31.3 Å². The van der Waals surface area contributed by atoms with Crippen molar-refractivity contribution in [3.05, 3.63) is 23.8 Å². The molecule has 0 radical (unpaired) electrons. The van der Waals surface area contributed by atoms with E-state index in [9.17, 15) is 4.79 Å². The van der Waals surface area contributed by atoms with Crippen LogP contribution in [-0.2, 0) is 10.2 Å². The van der Waals surface area contributed by atoms with Crippen LogP contribution in [0.15, 0.2) is 18.2 Å². The molecule has 1 saturated carbocycles. The molecule has 4 nitrogen and oxygen atoms in total. The average Bonchev–Trinajstić information content (AvgIpc) is 2.82. The van der Waals surface area contributed by atoms with Gasteiger partial charge in [-0.25, -0.2) is 0 Å². The number of hydrogen-bond donors (Lipinski definition) is 0. The maximum atomic E-state index is 11.8. The standard InChI is InChI=1S/C17H23NO3/c1-18-10-13-8-14(19)6-7-17(13,11-18)12-4-5-15(20-2)16(9-12)21-3/h4-5,9,13H,6-8,10-11H2,1-3H3/t13-,17+/m1/s1. The van der Waals surface area contributed by atoms with Crippen molar-refractivity contribution in [3.63, 3.8) is 0 Å². The van der Waals surface area contributed by atoms with Gasteiger partial charge in [0.2, 0.25) is 0 Å². The van der Waals surface area contributed by atoms with Crippen molar-refractivity contribution in [2.75, 3.05) is 34.4 Å². The summed E-state index contributed by atoms with van der Waals surface area (Å²) < 4.78 is 10.8. The molecule has 4 heteroatoms. The van der Waals surface area contributed by atoms with E-state index in [-0.39, 0.29) is 5.41 Å². The summed E-state index contributed by atoms with van der Waals surface area (Å²) in [7, 11) is 5.47. The molecule has 0 unspecified atom stereocenters. The second-order valence-electron chi connectivity index (χ2n) is 6.36. The Labute approximate surface area is 126 Å². The minimum atomic E-state index is 0.0855. The number of likely N-dealkylation sites (N-methyl/N-ethyl adjacent to an activating group) is 1. The summed E-state index contributed by atoms with van der Waals surface area (Å²) in [5, 5.41) is 0. The number of ether oxygens (including phenoxy) is 2. The molecule has 1 saturated heterocycles. The number of methoxy groups -OCH3 is 2. The molecule has 2 atom stereocenters. The van der Waals surface area contributed by atoms with Gasteiger partial charge in [0.05, 0.1) is 14.2 Å². The normalized spacial score (nSPS) is 29.3. The predicted molar refractivity (Wildman–Crippen MR) is 81.1 cm³/mol. The molecule has 0 N–H and O–H groups in total. The maximum absolute atomic E-state index is 11.8. The molecule has 3 rings (SSSR count). The Balaban J connectivity index is 2.02. The van der Waals surface area contributed by atoms with Crippen LogP contribution in [0.3, 0.4) is 0 Å². The van der Waals surface area contributed by atoms with Gasteiger partial charge in [-0.3, -0.25) is 4.79 Å². The first-order chi connectivity index (χ1) is 10.1. The molecule has 0 amide bonds. The summed E-state index contributed by atoms with van der Waals surface area (Å²) in [6.45, 7) is 2.01. The Morgan fingerprint density at radius 2 is 2.00 bits per heavy atom. The van der Waals surface area contributed by atoms with E-state index in [0.29, 0.717) is 24.5 Å². The van der Waals surface area contributed by atoms with Crippen LogP contribution in [0.2, 0.25) is 0 Å². The number of fused-ring (bicyclic) bond motifs is 1. The number of carbonyl (C=O) groups excluding carboxylic acids is 1. The number of ketones is 1. The Morgan fingerprint density at radius 1 is 1.24 bits per heavy atom. The molecule has 1 heterocycles. The Bertz CT molecular complexity index is 557. The third-order valence-corrected chi connectivity index (χ3v) is 5.15. The van der Waals surface area contributed by atoms with Crippen LogP contribution in [0, 0.1) is 5.92 Å². The highest BCUT2D eigenvalue weighted by Crippen LogP contribution is 2.48. The highest BCUT2D eigenvalue weighted by atomic mass is 16.5. The van der Waals surface area contributed by atoms with Gasteiger partial charge in [-0.1, -0.05) is 6.07 Å². The van der Waals surface area contributed by atoms with E-state index in [1.165, 1.54) is 5.56 Å². The predicted octanol–water partition coefficient (Wildman–Crippen LogP) is 2.26. The Hall–Kier alpha value is -1.55. The molecule has 0 spiro atoms. The van der Waals surface area contributed by atoms with Crippen LogP contribution in [0.1, 0.15) is 24.8 Å². The molecule has 0 aromatic heterocycles. The van der Waals surface area contributed by atoms with Crippen molar-refractivity contribution in [2.45, 2.75) is 24.7 Å². The minimum Gasteiger partial charge on any atom is -0.493 e. The van der Waals surface area contributed by atoms with Crippen molar-refractivity contribution in [1.82, 2.24) is 4.90 Å². The average molecular weight is 289 g/mol. The van der Waals surface area contributed by atoms with E-state index in [0.717, 1.165) is 31.0 Å². The number of nitrogens with zero attached hydrogens (tertiary/aromatic N) is 1. The number of likely N-dealkylation sites (tertiary alicyclic amines) is 1. The van der Waals surface area contributed by atoms with E-state index in [2.05, 4.69) is 24.1 Å². The summed E-state index contributed by atoms with van der Waals surface area (Å²) in [6.07, 6.45) is 2.34. The molecule has 1 aliphatic heterocycles. The second-order valence-corrected chi connectivity index (χ2v) is 6.36. The van der Waals surface area contributed by atoms with Gasteiger partial charge in [0.15, 0.2) is 11.5 Å². The second kappa shape index (κ2) is 5.34. The molecule has 1 aliphatic carbocycles. The first kappa shape index (κ1) is 14.4. The number of hydrogen-bond acceptors (Lipinski definition) is 4. The topological polar surface area (TPSA) is 38.8 Å². The van der Waals surface area contributed by atoms with Crippen molar-refractivity contribution in [1.29, 1.82) is 0 Å². The first-order valence-corrected chi connectivity index (χ1v) is 7.52. The van der Waals surface area contributed by atoms with Crippen molar-refractivity contribution in [2.24, 2.45) is 5.92 Å². The molecule has 1 aromatic carbocycles. The van der Waals surface area contributed by atoms with E-state index < -0.39 is 0 Å². The SMILES string of the molecule is COc1ccc([C@@]23CCC(=O)C[C@@H]2CN(C)C3)cc1OC. The molecular formula is C17H23NO3. The van der Waals surface area contributed by atoms with Crippen LogP contribution < -0.4 is 9.47 Å². The number of carbonyl (C=O) groups is 1. The zero-order valence-corrected chi connectivity index (χ0v) is 13.0. The van der Waals surface area contributed by atoms with Gasteiger partial charge in [-0.05, 0) is 37.1 Å². The first-order valence-electron chi connectivity index (χ1n) is 7.52. The summed E-state index contributed by atoms with van der Waals surface area (Å²) in [6, 6.07) is 6.22. The lowest BCUT2D eigenvalue weighted by atomic mass is 9.64. The number of rotatable bonds is 3. The van der Waals surface area contributed by atoms with Gasteiger partial charge in [-0.2, -0.15) is 0 Å². The van der Waals surface area contributed by atoms with Crippen LogP contribution in [0.4, 0.5) is 0 Å². The van der Waals surface area contributed by atoms with Crippen LogP contribution in [-0.4, -0.2) is 45.0 Å². The number of Topliss-reactive ketones (excluding diaryl/α,β-unsaturated/α-hetero) is 1. The fourth-order valence-electron chi connectivity index (χ4n) is 4.13. The highest BCUT2D eigenvalue weighted by Gasteiger charge is 2.49. The molecule has 0 bridgehead atoms. The van der Waals surface area contributed by atoms with E-state index in [4.69, 9.17) is 9.47 Å². The third-order valence-electron chi connectivity index (χ3n) is 5.15. The Morgan fingerprint density at radius 3 is 2.71 bits per heavy atom. The van der Waals surface area contributed by atoms with Crippen LogP contribution >= 0.6 is 0 Å². The summed E-state index contributed by atoms with van der Waals surface area (Å²) >= 11 is 0. The molecule has 21 heavy (non-hydrogen) atoms. The van der Waals surface area contributed by atoms with Crippen LogP contribution in [0.25, 0.3) is 0 Å². The third kappa shape index (κ3) is 2.31. The summed E-state index contributed by atoms with van der Waals surface area (Å²) in [5.74, 6) is 2.36. The fourth-order valence-corrected chi connectivity index (χ4v) is 4.13. The zero-order valence-electron chi connectivity index (χ0n) is 13.0. The molecule has 114 valence electrons. The van der Waals surface area contributed by atoms with Gasteiger partial charge in [0.25, 0.3) is 0 Å². The number of benzene rings is 1. The smallest absolute Gasteiger partial charge is 0.161 e. The Kier molecular flexibility index (Phi) is 3.66. The lowest BCUT2D eigenvalue weighted by Crippen LogP contribution is -2.40.